The zero-order valence-corrected chi connectivity index (χ0v) is 14.1. The fourth-order valence-corrected chi connectivity index (χ4v) is 2.81. The normalized spacial score (nSPS) is 16.6. The standard InChI is InChI=1S/C18H19N3O4/c1-24-15-6-5-14(9-16(15)25-2)21-11-12(8-17(21)22)18(23)20-13-4-3-7-19-10-13/h3-7,9-10,12H,8,11H2,1-2H3,(H,20,23)/t12-/m0/s1. The molecule has 7 heteroatoms. The number of anilines is 2. The fraction of sp³-hybridized carbons (Fsp3) is 0.278. The van der Waals surface area contributed by atoms with E-state index in [-0.39, 0.29) is 18.2 Å². The summed E-state index contributed by atoms with van der Waals surface area (Å²) >= 11 is 0. The highest BCUT2D eigenvalue weighted by molar-refractivity contribution is 6.03. The number of rotatable bonds is 5. The molecular formula is C18H19N3O4. The van der Waals surface area contributed by atoms with Gasteiger partial charge in [0.2, 0.25) is 11.8 Å². The van der Waals surface area contributed by atoms with Crippen LogP contribution in [0.2, 0.25) is 0 Å². The molecule has 1 fully saturated rings. The molecule has 1 aromatic carbocycles. The largest absolute Gasteiger partial charge is 0.493 e. The number of nitrogens with one attached hydrogen (secondary N) is 1. The lowest BCUT2D eigenvalue weighted by atomic mass is 10.1. The van der Waals surface area contributed by atoms with Crippen molar-refractivity contribution in [1.82, 2.24) is 4.98 Å². The van der Waals surface area contributed by atoms with Crippen molar-refractivity contribution in [3.8, 4) is 11.5 Å². The van der Waals surface area contributed by atoms with Crippen LogP contribution in [-0.4, -0.2) is 37.6 Å². The van der Waals surface area contributed by atoms with Gasteiger partial charge in [-0.3, -0.25) is 14.6 Å². The summed E-state index contributed by atoms with van der Waals surface area (Å²) in [6, 6.07) is 8.75. The second-order valence-electron chi connectivity index (χ2n) is 5.68. The van der Waals surface area contributed by atoms with E-state index in [1.54, 1.807) is 54.7 Å². The number of carbonyl (C=O) groups excluding carboxylic acids is 2. The fourth-order valence-electron chi connectivity index (χ4n) is 2.81. The highest BCUT2D eigenvalue weighted by Crippen LogP contribution is 2.34. The quantitative estimate of drug-likeness (QED) is 0.901. The van der Waals surface area contributed by atoms with Crippen molar-refractivity contribution in [2.75, 3.05) is 31.0 Å². The van der Waals surface area contributed by atoms with Crippen molar-refractivity contribution < 1.29 is 19.1 Å². The number of benzene rings is 1. The molecule has 1 aromatic heterocycles. The average molecular weight is 341 g/mol. The van der Waals surface area contributed by atoms with Crippen molar-refractivity contribution in [2.24, 2.45) is 5.92 Å². The van der Waals surface area contributed by atoms with Crippen LogP contribution in [0.5, 0.6) is 11.5 Å². The molecule has 2 heterocycles. The summed E-state index contributed by atoms with van der Waals surface area (Å²) < 4.78 is 10.5. The van der Waals surface area contributed by atoms with Gasteiger partial charge in [0.05, 0.1) is 32.0 Å². The second kappa shape index (κ2) is 7.21. The molecule has 2 amide bonds. The highest BCUT2D eigenvalue weighted by Gasteiger charge is 2.35. The maximum Gasteiger partial charge on any atom is 0.229 e. The summed E-state index contributed by atoms with van der Waals surface area (Å²) in [5, 5.41) is 2.79. The highest BCUT2D eigenvalue weighted by atomic mass is 16.5. The first-order valence-electron chi connectivity index (χ1n) is 7.85. The number of nitrogens with zero attached hydrogens (tertiary/aromatic N) is 2. The number of carbonyl (C=O) groups is 2. The first kappa shape index (κ1) is 16.8. The Hall–Kier alpha value is -3.09. The Bertz CT molecular complexity index is 779. The predicted molar refractivity (Wildman–Crippen MR) is 92.9 cm³/mol. The van der Waals surface area contributed by atoms with E-state index in [2.05, 4.69) is 10.3 Å². The van der Waals surface area contributed by atoms with Gasteiger partial charge >= 0.3 is 0 Å². The number of aromatic nitrogens is 1. The topological polar surface area (TPSA) is 80.8 Å². The average Bonchev–Trinajstić information content (AvgIpc) is 3.04. The van der Waals surface area contributed by atoms with E-state index in [1.807, 2.05) is 0 Å². The molecule has 0 unspecified atom stereocenters. The third-order valence-corrected chi connectivity index (χ3v) is 4.10. The molecule has 0 spiro atoms. The second-order valence-corrected chi connectivity index (χ2v) is 5.68. The van der Waals surface area contributed by atoms with E-state index in [1.165, 1.54) is 7.11 Å². The van der Waals surface area contributed by atoms with Crippen LogP contribution in [0, 0.1) is 5.92 Å². The first-order chi connectivity index (χ1) is 12.1. The number of methoxy groups -OCH3 is 2. The Balaban J connectivity index is 1.73. The molecule has 25 heavy (non-hydrogen) atoms. The Kier molecular flexibility index (Phi) is 4.83. The summed E-state index contributed by atoms with van der Waals surface area (Å²) in [5.41, 5.74) is 1.30. The van der Waals surface area contributed by atoms with Gasteiger partial charge in [-0.2, -0.15) is 0 Å². The van der Waals surface area contributed by atoms with Gasteiger partial charge < -0.3 is 19.7 Å². The van der Waals surface area contributed by atoms with Gasteiger partial charge in [0.15, 0.2) is 11.5 Å². The van der Waals surface area contributed by atoms with Crippen molar-refractivity contribution in [3.63, 3.8) is 0 Å². The van der Waals surface area contributed by atoms with Crippen LogP contribution in [0.15, 0.2) is 42.7 Å². The van der Waals surface area contributed by atoms with Gasteiger partial charge in [-0.15, -0.1) is 0 Å². The minimum Gasteiger partial charge on any atom is -0.493 e. The van der Waals surface area contributed by atoms with E-state index < -0.39 is 5.92 Å². The molecule has 0 bridgehead atoms. The molecule has 0 aliphatic carbocycles. The number of pyridine rings is 1. The zero-order chi connectivity index (χ0) is 17.8. The molecule has 7 nitrogen and oxygen atoms in total. The minimum atomic E-state index is -0.416. The summed E-state index contributed by atoms with van der Waals surface area (Å²) in [5.74, 6) is 0.420. The van der Waals surface area contributed by atoms with Crippen LogP contribution in [-0.2, 0) is 9.59 Å². The Morgan fingerprint density at radius 1 is 1.24 bits per heavy atom. The molecule has 130 valence electrons. The van der Waals surface area contributed by atoms with Gasteiger partial charge in [-0.05, 0) is 24.3 Å². The zero-order valence-electron chi connectivity index (χ0n) is 14.1. The molecule has 1 N–H and O–H groups in total. The number of hydrogen-bond donors (Lipinski definition) is 1. The van der Waals surface area contributed by atoms with Gasteiger partial charge in [-0.1, -0.05) is 0 Å². The Morgan fingerprint density at radius 3 is 2.72 bits per heavy atom. The van der Waals surface area contributed by atoms with E-state index in [0.717, 1.165) is 0 Å². The molecule has 1 atom stereocenters. The van der Waals surface area contributed by atoms with Crippen LogP contribution in [0.4, 0.5) is 11.4 Å². The predicted octanol–water partition coefficient (Wildman–Crippen LogP) is 2.09. The van der Waals surface area contributed by atoms with E-state index in [9.17, 15) is 9.59 Å². The minimum absolute atomic E-state index is 0.0986. The van der Waals surface area contributed by atoms with Crippen LogP contribution in [0.25, 0.3) is 0 Å². The number of hydrogen-bond acceptors (Lipinski definition) is 5. The van der Waals surface area contributed by atoms with Gasteiger partial charge in [0.1, 0.15) is 0 Å². The Labute approximate surface area is 145 Å². The lowest BCUT2D eigenvalue weighted by Crippen LogP contribution is -2.28. The lowest BCUT2D eigenvalue weighted by molar-refractivity contribution is -0.122. The van der Waals surface area contributed by atoms with Crippen LogP contribution in [0.1, 0.15) is 6.42 Å². The molecule has 3 rings (SSSR count). The van der Waals surface area contributed by atoms with Crippen LogP contribution >= 0.6 is 0 Å². The van der Waals surface area contributed by atoms with Crippen molar-refractivity contribution >= 4 is 23.2 Å². The molecule has 2 aromatic rings. The molecule has 0 radical (unpaired) electrons. The number of ether oxygens (including phenoxy) is 2. The van der Waals surface area contributed by atoms with Crippen molar-refractivity contribution in [2.45, 2.75) is 6.42 Å². The first-order valence-corrected chi connectivity index (χ1v) is 7.85. The summed E-state index contributed by atoms with van der Waals surface area (Å²) in [4.78, 5) is 30.3. The van der Waals surface area contributed by atoms with Crippen molar-refractivity contribution in [3.05, 3.63) is 42.7 Å². The molecule has 1 aliphatic rings. The maximum atomic E-state index is 12.4. The van der Waals surface area contributed by atoms with Crippen molar-refractivity contribution in [1.29, 1.82) is 0 Å². The molecule has 1 saturated heterocycles. The summed E-state index contributed by atoms with van der Waals surface area (Å²) in [7, 11) is 3.09. The van der Waals surface area contributed by atoms with E-state index in [4.69, 9.17) is 9.47 Å². The van der Waals surface area contributed by atoms with Gasteiger partial charge in [0, 0.05) is 30.9 Å². The molecule has 1 aliphatic heterocycles. The third-order valence-electron chi connectivity index (χ3n) is 4.10. The van der Waals surface area contributed by atoms with Crippen LogP contribution < -0.4 is 19.7 Å². The number of amides is 2. The maximum absolute atomic E-state index is 12.4. The van der Waals surface area contributed by atoms with Gasteiger partial charge in [0.25, 0.3) is 0 Å². The molecular weight excluding hydrogens is 322 g/mol. The SMILES string of the molecule is COc1ccc(N2C[C@@H](C(=O)Nc3cccnc3)CC2=O)cc1OC. The Morgan fingerprint density at radius 2 is 2.04 bits per heavy atom. The van der Waals surface area contributed by atoms with Crippen LogP contribution in [0.3, 0.4) is 0 Å². The van der Waals surface area contributed by atoms with E-state index >= 15 is 0 Å². The van der Waals surface area contributed by atoms with Gasteiger partial charge in [-0.25, -0.2) is 0 Å². The summed E-state index contributed by atoms with van der Waals surface area (Å²) in [6.45, 7) is 0.320. The summed E-state index contributed by atoms with van der Waals surface area (Å²) in [6.07, 6.45) is 3.37. The van der Waals surface area contributed by atoms with E-state index in [0.29, 0.717) is 29.4 Å². The third kappa shape index (κ3) is 3.55. The molecule has 0 saturated carbocycles. The monoisotopic (exact) mass is 341 g/mol. The lowest BCUT2D eigenvalue weighted by Gasteiger charge is -2.18. The smallest absolute Gasteiger partial charge is 0.229 e.